The van der Waals surface area contributed by atoms with Crippen LogP contribution in [0.5, 0.6) is 11.5 Å². The number of benzene rings is 2. The fourth-order valence-electron chi connectivity index (χ4n) is 3.11. The summed E-state index contributed by atoms with van der Waals surface area (Å²) in [6.07, 6.45) is 0. The quantitative estimate of drug-likeness (QED) is 0.569. The molecule has 1 aromatic heterocycles. The van der Waals surface area contributed by atoms with Crippen LogP contribution in [0, 0.1) is 0 Å². The largest absolute Gasteiger partial charge is 0.493 e. The average Bonchev–Trinajstić information content (AvgIpc) is 2.80. The summed E-state index contributed by atoms with van der Waals surface area (Å²) in [5.41, 5.74) is 0.645. The Labute approximate surface area is 179 Å². The number of methoxy groups -OCH3 is 2. The van der Waals surface area contributed by atoms with E-state index in [0.29, 0.717) is 40.3 Å². The Balaban J connectivity index is 1.66. The van der Waals surface area contributed by atoms with Crippen molar-refractivity contribution in [2.24, 2.45) is 0 Å². The van der Waals surface area contributed by atoms with Gasteiger partial charge in [-0.25, -0.2) is 4.98 Å². The number of aromatic amines is 1. The second-order valence-corrected chi connectivity index (χ2v) is 6.69. The summed E-state index contributed by atoms with van der Waals surface area (Å²) in [5.74, 6) is 0.590. The van der Waals surface area contributed by atoms with E-state index in [1.165, 1.54) is 19.1 Å². The van der Waals surface area contributed by atoms with E-state index >= 15 is 0 Å². The molecule has 162 valence electrons. The first-order chi connectivity index (χ1) is 15.0. The number of carbonyl (C=O) groups excluding carboxylic acids is 2. The molecule has 9 heteroatoms. The molecule has 0 aliphatic heterocycles. The molecule has 9 nitrogen and oxygen atoms in total. The number of likely N-dealkylation sites (N-methyl/N-ethyl adjacent to an activating group) is 1. The molecule has 0 aliphatic rings. The van der Waals surface area contributed by atoms with Gasteiger partial charge < -0.3 is 24.7 Å². The molecule has 0 saturated carbocycles. The number of nitrogens with zero attached hydrogens (tertiary/aromatic N) is 2. The Kier molecular flexibility index (Phi) is 6.86. The lowest BCUT2D eigenvalue weighted by Crippen LogP contribution is -2.40. The zero-order valence-corrected chi connectivity index (χ0v) is 17.6. The standard InChI is InChI=1S/C22H24N4O5/c1-4-26(13-19-24-16-8-6-5-7-15(16)22(29)25-19)20(27)12-23-21(28)14-9-10-17(30-2)18(11-14)31-3/h5-11H,4,12-13H2,1-3H3,(H,23,28)(H,24,25,29). The lowest BCUT2D eigenvalue weighted by Gasteiger charge is -2.20. The predicted octanol–water partition coefficient (Wildman–Crippen LogP) is 1.72. The van der Waals surface area contributed by atoms with Crippen LogP contribution in [0.3, 0.4) is 0 Å². The minimum atomic E-state index is -0.414. The number of H-pyrrole nitrogens is 1. The molecule has 0 bridgehead atoms. The topological polar surface area (TPSA) is 114 Å². The maximum Gasteiger partial charge on any atom is 0.258 e. The Morgan fingerprint density at radius 2 is 1.84 bits per heavy atom. The molecule has 0 unspecified atom stereocenters. The number of carbonyl (C=O) groups is 2. The number of amides is 2. The van der Waals surface area contributed by atoms with Crippen LogP contribution in [0.1, 0.15) is 23.1 Å². The van der Waals surface area contributed by atoms with Gasteiger partial charge in [0.2, 0.25) is 5.91 Å². The van der Waals surface area contributed by atoms with Gasteiger partial charge in [0.05, 0.1) is 38.2 Å². The van der Waals surface area contributed by atoms with E-state index in [4.69, 9.17) is 9.47 Å². The fraction of sp³-hybridized carbons (Fsp3) is 0.273. The van der Waals surface area contributed by atoms with E-state index in [1.54, 1.807) is 42.5 Å². The normalized spacial score (nSPS) is 10.5. The summed E-state index contributed by atoms with van der Waals surface area (Å²) in [5, 5.41) is 3.10. The van der Waals surface area contributed by atoms with Crippen LogP contribution in [0.4, 0.5) is 0 Å². The molecule has 1 heterocycles. The van der Waals surface area contributed by atoms with E-state index in [1.807, 2.05) is 6.92 Å². The Morgan fingerprint density at radius 3 is 2.55 bits per heavy atom. The van der Waals surface area contributed by atoms with Crippen molar-refractivity contribution < 1.29 is 19.1 Å². The van der Waals surface area contributed by atoms with Gasteiger partial charge >= 0.3 is 0 Å². The van der Waals surface area contributed by atoms with Crippen molar-refractivity contribution in [2.45, 2.75) is 13.5 Å². The molecule has 0 spiro atoms. The van der Waals surface area contributed by atoms with Crippen molar-refractivity contribution in [3.05, 3.63) is 64.2 Å². The van der Waals surface area contributed by atoms with Gasteiger partial charge in [-0.2, -0.15) is 0 Å². The molecule has 0 saturated heterocycles. The highest BCUT2D eigenvalue weighted by Crippen LogP contribution is 2.27. The van der Waals surface area contributed by atoms with Crippen LogP contribution in [0.25, 0.3) is 10.9 Å². The summed E-state index contributed by atoms with van der Waals surface area (Å²) in [7, 11) is 2.99. The number of ether oxygens (including phenoxy) is 2. The van der Waals surface area contributed by atoms with Gasteiger partial charge in [0, 0.05) is 12.1 Å². The van der Waals surface area contributed by atoms with Gasteiger partial charge in [-0.05, 0) is 37.3 Å². The molecule has 2 N–H and O–H groups in total. The lowest BCUT2D eigenvalue weighted by atomic mass is 10.2. The van der Waals surface area contributed by atoms with Crippen LogP contribution >= 0.6 is 0 Å². The van der Waals surface area contributed by atoms with Crippen LogP contribution in [-0.4, -0.2) is 54.0 Å². The maximum atomic E-state index is 12.6. The molecule has 0 aliphatic carbocycles. The first-order valence-electron chi connectivity index (χ1n) is 9.72. The number of aromatic nitrogens is 2. The second kappa shape index (κ2) is 9.75. The van der Waals surface area contributed by atoms with E-state index in [-0.39, 0.29) is 24.6 Å². The molecule has 0 fully saturated rings. The van der Waals surface area contributed by atoms with Gasteiger partial charge in [-0.15, -0.1) is 0 Å². The second-order valence-electron chi connectivity index (χ2n) is 6.69. The smallest absolute Gasteiger partial charge is 0.258 e. The minimum absolute atomic E-state index is 0.127. The number of hydrogen-bond donors (Lipinski definition) is 2. The molecular weight excluding hydrogens is 400 g/mol. The monoisotopic (exact) mass is 424 g/mol. The molecule has 3 aromatic rings. The van der Waals surface area contributed by atoms with Gasteiger partial charge in [-0.3, -0.25) is 14.4 Å². The highest BCUT2D eigenvalue weighted by molar-refractivity contribution is 5.97. The summed E-state index contributed by atoms with van der Waals surface area (Å²) in [6.45, 7) is 2.13. The first-order valence-corrected chi connectivity index (χ1v) is 9.72. The van der Waals surface area contributed by atoms with Crippen LogP contribution in [0.15, 0.2) is 47.3 Å². The van der Waals surface area contributed by atoms with Crippen LogP contribution < -0.4 is 20.3 Å². The van der Waals surface area contributed by atoms with Crippen molar-refractivity contribution in [3.63, 3.8) is 0 Å². The first kappa shape index (κ1) is 21.8. The average molecular weight is 424 g/mol. The van der Waals surface area contributed by atoms with Crippen LogP contribution in [0.2, 0.25) is 0 Å². The number of nitrogens with one attached hydrogen (secondary N) is 2. The van der Waals surface area contributed by atoms with E-state index in [2.05, 4.69) is 15.3 Å². The summed E-state index contributed by atoms with van der Waals surface area (Å²) < 4.78 is 10.4. The molecule has 31 heavy (non-hydrogen) atoms. The summed E-state index contributed by atoms with van der Waals surface area (Å²) in [6, 6.07) is 11.7. The number of fused-ring (bicyclic) bond motifs is 1. The van der Waals surface area contributed by atoms with Gasteiger partial charge in [-0.1, -0.05) is 12.1 Å². The number of hydrogen-bond acceptors (Lipinski definition) is 6. The Morgan fingerprint density at radius 1 is 1.10 bits per heavy atom. The summed E-state index contributed by atoms with van der Waals surface area (Å²) >= 11 is 0. The third-order valence-corrected chi connectivity index (χ3v) is 4.78. The molecular formula is C22H24N4O5. The summed E-state index contributed by atoms with van der Waals surface area (Å²) in [4.78, 5) is 45.9. The third kappa shape index (κ3) is 5.00. The van der Waals surface area contributed by atoms with Gasteiger partial charge in [0.15, 0.2) is 11.5 Å². The van der Waals surface area contributed by atoms with Crippen molar-refractivity contribution in [1.29, 1.82) is 0 Å². The van der Waals surface area contributed by atoms with Gasteiger partial charge in [0.25, 0.3) is 11.5 Å². The highest BCUT2D eigenvalue weighted by Gasteiger charge is 2.17. The van der Waals surface area contributed by atoms with E-state index < -0.39 is 5.91 Å². The van der Waals surface area contributed by atoms with Crippen molar-refractivity contribution >= 4 is 22.7 Å². The van der Waals surface area contributed by atoms with Crippen molar-refractivity contribution in [3.8, 4) is 11.5 Å². The third-order valence-electron chi connectivity index (χ3n) is 4.78. The minimum Gasteiger partial charge on any atom is -0.493 e. The highest BCUT2D eigenvalue weighted by atomic mass is 16.5. The molecule has 0 radical (unpaired) electrons. The van der Waals surface area contributed by atoms with Crippen molar-refractivity contribution in [2.75, 3.05) is 27.3 Å². The molecule has 3 rings (SSSR count). The maximum absolute atomic E-state index is 12.6. The lowest BCUT2D eigenvalue weighted by molar-refractivity contribution is -0.130. The van der Waals surface area contributed by atoms with Crippen LogP contribution in [-0.2, 0) is 11.3 Å². The molecule has 2 aromatic carbocycles. The molecule has 2 amide bonds. The van der Waals surface area contributed by atoms with E-state index in [0.717, 1.165) is 0 Å². The number of rotatable bonds is 8. The van der Waals surface area contributed by atoms with Crippen molar-refractivity contribution in [1.82, 2.24) is 20.2 Å². The van der Waals surface area contributed by atoms with Gasteiger partial charge in [0.1, 0.15) is 5.82 Å². The molecule has 0 atom stereocenters. The van der Waals surface area contributed by atoms with E-state index in [9.17, 15) is 14.4 Å². The number of para-hydroxylation sites is 1. The SMILES string of the molecule is CCN(Cc1nc2ccccc2c(=O)[nH]1)C(=O)CNC(=O)c1ccc(OC)c(OC)c1. The Hall–Kier alpha value is -3.88. The Bertz CT molecular complexity index is 1160. The zero-order valence-electron chi connectivity index (χ0n) is 17.6. The fourth-order valence-corrected chi connectivity index (χ4v) is 3.11. The predicted molar refractivity (Wildman–Crippen MR) is 115 cm³/mol. The zero-order chi connectivity index (χ0) is 22.4.